The minimum absolute atomic E-state index is 0.331. The van der Waals surface area contributed by atoms with Gasteiger partial charge >= 0.3 is 5.97 Å². The molecule has 1 unspecified atom stereocenters. The molecule has 0 saturated heterocycles. The van der Waals surface area contributed by atoms with Crippen molar-refractivity contribution in [1.82, 2.24) is 0 Å². The van der Waals surface area contributed by atoms with E-state index in [2.05, 4.69) is 5.32 Å². The van der Waals surface area contributed by atoms with Gasteiger partial charge in [0, 0.05) is 0 Å². The molecule has 1 aromatic rings. The quantitative estimate of drug-likeness (QED) is 0.626. The van der Waals surface area contributed by atoms with Gasteiger partial charge in [0.2, 0.25) is 0 Å². The van der Waals surface area contributed by atoms with Crippen LogP contribution in [0.2, 0.25) is 0 Å². The van der Waals surface area contributed by atoms with Crippen LogP contribution in [-0.2, 0) is 9.53 Å². The highest BCUT2D eigenvalue weighted by Crippen LogP contribution is 2.22. The van der Waals surface area contributed by atoms with Crippen molar-refractivity contribution >= 4 is 17.3 Å². The molecular weight excluding hydrogens is 242 g/mol. The van der Waals surface area contributed by atoms with E-state index in [9.17, 15) is 4.79 Å². The van der Waals surface area contributed by atoms with Crippen LogP contribution in [0.3, 0.4) is 0 Å². The van der Waals surface area contributed by atoms with Crippen LogP contribution in [0.15, 0.2) is 18.2 Å². The largest absolute Gasteiger partial charge is 0.467 e. The number of nitrogens with zero attached hydrogens (tertiary/aromatic N) is 1. The second-order valence-electron chi connectivity index (χ2n) is 4.76. The van der Waals surface area contributed by atoms with Crippen LogP contribution in [-0.4, -0.2) is 19.1 Å². The molecule has 0 aromatic heterocycles. The lowest BCUT2D eigenvalue weighted by atomic mass is 10.0. The Balaban J connectivity index is 2.95. The van der Waals surface area contributed by atoms with Gasteiger partial charge in [0.15, 0.2) is 0 Å². The molecule has 0 aliphatic rings. The van der Waals surface area contributed by atoms with Gasteiger partial charge in [-0.2, -0.15) is 5.26 Å². The summed E-state index contributed by atoms with van der Waals surface area (Å²) in [4.78, 5) is 11.7. The summed E-state index contributed by atoms with van der Waals surface area (Å²) in [5.74, 6) is -0.00700. The van der Waals surface area contributed by atoms with Crippen molar-refractivity contribution in [2.75, 3.05) is 18.2 Å². The highest BCUT2D eigenvalue weighted by Gasteiger charge is 2.21. The predicted octanol–water partition coefficient (Wildman–Crippen LogP) is 2.14. The van der Waals surface area contributed by atoms with Crippen LogP contribution >= 0.6 is 0 Å². The Bertz CT molecular complexity index is 492. The normalized spacial score (nSPS) is 11.7. The number of nitrogens with two attached hydrogens (primary N) is 1. The van der Waals surface area contributed by atoms with Crippen LogP contribution < -0.4 is 11.1 Å². The van der Waals surface area contributed by atoms with E-state index in [0.717, 1.165) is 0 Å². The zero-order valence-corrected chi connectivity index (χ0v) is 11.4. The number of nitrogen functional groups attached to an aromatic ring is 1. The van der Waals surface area contributed by atoms with Crippen LogP contribution in [0.1, 0.15) is 25.8 Å². The van der Waals surface area contributed by atoms with E-state index < -0.39 is 6.04 Å². The molecule has 0 spiro atoms. The number of carbonyl (C=O) groups excluding carboxylic acids is 1. The summed E-state index contributed by atoms with van der Waals surface area (Å²) in [6, 6.07) is 6.48. The second-order valence-corrected chi connectivity index (χ2v) is 4.76. The SMILES string of the molecule is COC(=O)C(CC(C)C)Nc1cc(C#N)ccc1N. The molecule has 5 heteroatoms. The fourth-order valence-electron chi connectivity index (χ4n) is 1.77. The topological polar surface area (TPSA) is 88.1 Å². The minimum atomic E-state index is -0.471. The number of methoxy groups -OCH3 is 1. The first-order valence-electron chi connectivity index (χ1n) is 6.12. The van der Waals surface area contributed by atoms with E-state index in [0.29, 0.717) is 29.3 Å². The standard InChI is InChI=1S/C14H19N3O2/c1-9(2)6-13(14(18)19-3)17-12-7-10(8-15)4-5-11(12)16/h4-5,7,9,13,17H,6,16H2,1-3H3. The molecule has 0 radical (unpaired) electrons. The van der Waals surface area contributed by atoms with Gasteiger partial charge in [0.25, 0.3) is 0 Å². The lowest BCUT2D eigenvalue weighted by molar-refractivity contribution is -0.141. The van der Waals surface area contributed by atoms with Crippen LogP contribution in [0.25, 0.3) is 0 Å². The maximum atomic E-state index is 11.7. The summed E-state index contributed by atoms with van der Waals surface area (Å²) in [6.45, 7) is 4.04. The summed E-state index contributed by atoms with van der Waals surface area (Å²) in [6.07, 6.45) is 0.628. The Labute approximate surface area is 113 Å². The molecule has 1 atom stereocenters. The zero-order valence-electron chi connectivity index (χ0n) is 11.4. The third-order valence-corrected chi connectivity index (χ3v) is 2.70. The highest BCUT2D eigenvalue weighted by atomic mass is 16.5. The van der Waals surface area contributed by atoms with Gasteiger partial charge in [-0.05, 0) is 30.5 Å². The minimum Gasteiger partial charge on any atom is -0.467 e. The van der Waals surface area contributed by atoms with Gasteiger partial charge in [-0.1, -0.05) is 13.8 Å². The maximum Gasteiger partial charge on any atom is 0.328 e. The summed E-state index contributed by atoms with van der Waals surface area (Å²) in [5.41, 5.74) is 7.41. The van der Waals surface area contributed by atoms with Crippen molar-refractivity contribution in [3.63, 3.8) is 0 Å². The molecule has 5 nitrogen and oxygen atoms in total. The number of ether oxygens (including phenoxy) is 1. The predicted molar refractivity (Wildman–Crippen MR) is 74.5 cm³/mol. The maximum absolute atomic E-state index is 11.7. The third-order valence-electron chi connectivity index (χ3n) is 2.70. The van der Waals surface area contributed by atoms with E-state index in [1.165, 1.54) is 7.11 Å². The Morgan fingerprint density at radius 1 is 1.53 bits per heavy atom. The number of hydrogen-bond acceptors (Lipinski definition) is 5. The van der Waals surface area contributed by atoms with Crippen LogP contribution in [0.4, 0.5) is 11.4 Å². The number of rotatable bonds is 5. The molecular formula is C14H19N3O2. The smallest absolute Gasteiger partial charge is 0.328 e. The average Bonchev–Trinajstić information content (AvgIpc) is 2.38. The molecule has 0 saturated carbocycles. The van der Waals surface area contributed by atoms with E-state index in [1.807, 2.05) is 19.9 Å². The number of benzene rings is 1. The molecule has 19 heavy (non-hydrogen) atoms. The van der Waals surface area contributed by atoms with Gasteiger partial charge in [0.05, 0.1) is 30.1 Å². The summed E-state index contributed by atoms with van der Waals surface area (Å²) in [5, 5.41) is 11.9. The van der Waals surface area contributed by atoms with E-state index >= 15 is 0 Å². The Morgan fingerprint density at radius 2 is 2.21 bits per heavy atom. The molecule has 0 heterocycles. The summed E-state index contributed by atoms with van der Waals surface area (Å²) >= 11 is 0. The van der Waals surface area contributed by atoms with Crippen LogP contribution in [0, 0.1) is 17.2 Å². The molecule has 0 amide bonds. The lowest BCUT2D eigenvalue weighted by Gasteiger charge is -2.20. The molecule has 1 rings (SSSR count). The molecule has 0 fully saturated rings. The first kappa shape index (κ1) is 14.8. The average molecular weight is 261 g/mol. The van der Waals surface area contributed by atoms with Crippen molar-refractivity contribution in [2.24, 2.45) is 5.92 Å². The van der Waals surface area contributed by atoms with Crippen molar-refractivity contribution < 1.29 is 9.53 Å². The Hall–Kier alpha value is -2.22. The number of hydrogen-bond donors (Lipinski definition) is 2. The number of nitrogens with one attached hydrogen (secondary N) is 1. The number of nitriles is 1. The fourth-order valence-corrected chi connectivity index (χ4v) is 1.77. The molecule has 0 aliphatic heterocycles. The second kappa shape index (κ2) is 6.64. The molecule has 0 bridgehead atoms. The van der Waals surface area contributed by atoms with E-state index in [1.54, 1.807) is 18.2 Å². The Morgan fingerprint density at radius 3 is 2.74 bits per heavy atom. The third kappa shape index (κ3) is 4.18. The van der Waals surface area contributed by atoms with E-state index in [4.69, 9.17) is 15.7 Å². The van der Waals surface area contributed by atoms with Gasteiger partial charge in [0.1, 0.15) is 6.04 Å². The van der Waals surface area contributed by atoms with Crippen LogP contribution in [0.5, 0.6) is 0 Å². The molecule has 3 N–H and O–H groups in total. The lowest BCUT2D eigenvalue weighted by Crippen LogP contribution is -2.32. The summed E-state index contributed by atoms with van der Waals surface area (Å²) < 4.78 is 4.77. The van der Waals surface area contributed by atoms with Crippen molar-refractivity contribution in [3.8, 4) is 6.07 Å². The molecule has 1 aromatic carbocycles. The van der Waals surface area contributed by atoms with Gasteiger partial charge in [-0.3, -0.25) is 0 Å². The highest BCUT2D eigenvalue weighted by molar-refractivity contribution is 5.81. The fraction of sp³-hybridized carbons (Fsp3) is 0.429. The van der Waals surface area contributed by atoms with Crippen molar-refractivity contribution in [3.05, 3.63) is 23.8 Å². The van der Waals surface area contributed by atoms with E-state index in [-0.39, 0.29) is 5.97 Å². The first-order valence-corrected chi connectivity index (χ1v) is 6.12. The zero-order chi connectivity index (χ0) is 14.4. The number of esters is 1. The van der Waals surface area contributed by atoms with Crippen molar-refractivity contribution in [2.45, 2.75) is 26.3 Å². The molecule has 102 valence electrons. The number of carbonyl (C=O) groups is 1. The van der Waals surface area contributed by atoms with Crippen molar-refractivity contribution in [1.29, 1.82) is 5.26 Å². The first-order chi connectivity index (χ1) is 8.97. The monoisotopic (exact) mass is 261 g/mol. The van der Waals surface area contributed by atoms with Gasteiger partial charge in [-0.15, -0.1) is 0 Å². The Kier molecular flexibility index (Phi) is 5.19. The van der Waals surface area contributed by atoms with Gasteiger partial charge in [-0.25, -0.2) is 4.79 Å². The number of anilines is 2. The van der Waals surface area contributed by atoms with Gasteiger partial charge < -0.3 is 15.8 Å². The molecule has 0 aliphatic carbocycles. The summed E-state index contributed by atoms with van der Waals surface area (Å²) in [7, 11) is 1.35.